The Bertz CT molecular complexity index is 656. The first-order chi connectivity index (χ1) is 10.5. The predicted octanol–water partition coefficient (Wildman–Crippen LogP) is 1.17. The van der Waals surface area contributed by atoms with Gasteiger partial charge in [-0.15, -0.1) is 0 Å². The van der Waals surface area contributed by atoms with Gasteiger partial charge in [-0.25, -0.2) is 13.4 Å². The summed E-state index contributed by atoms with van der Waals surface area (Å²) in [4.78, 5) is 35.7. The molecule has 0 amide bonds. The fraction of sp³-hybridized carbons (Fsp3) is 1.00. The van der Waals surface area contributed by atoms with Gasteiger partial charge in [-0.1, -0.05) is 13.8 Å². The average molecular weight is 410 g/mol. The summed E-state index contributed by atoms with van der Waals surface area (Å²) in [6, 6.07) is 0. The van der Waals surface area contributed by atoms with Crippen molar-refractivity contribution in [1.82, 2.24) is 0 Å². The van der Waals surface area contributed by atoms with Crippen molar-refractivity contribution in [3.63, 3.8) is 0 Å². The molecule has 0 bridgehead atoms. The van der Waals surface area contributed by atoms with Crippen LogP contribution >= 0.6 is 23.2 Å². The molecule has 0 radical (unpaired) electrons. The zero-order chi connectivity index (χ0) is 18.8. The summed E-state index contributed by atoms with van der Waals surface area (Å²) in [5.41, 5.74) is -1.87. The van der Waals surface area contributed by atoms with E-state index in [1.54, 1.807) is 13.8 Å². The van der Waals surface area contributed by atoms with E-state index < -0.39 is 40.8 Å². The second kappa shape index (κ2) is 5.94. The van der Waals surface area contributed by atoms with Crippen molar-refractivity contribution in [1.29, 1.82) is 0 Å². The minimum absolute atomic E-state index is 0.0326. The van der Waals surface area contributed by atoms with Crippen LogP contribution in [0.4, 0.5) is 0 Å². The quantitative estimate of drug-likeness (QED) is 0.380. The van der Waals surface area contributed by atoms with Crippen molar-refractivity contribution < 1.29 is 51.7 Å². The molecule has 11 nitrogen and oxygen atoms in total. The molecule has 0 aromatic rings. The highest BCUT2D eigenvalue weighted by Gasteiger charge is 2.73. The lowest BCUT2D eigenvalue weighted by atomic mass is 9.82. The van der Waals surface area contributed by atoms with Gasteiger partial charge in [-0.2, -0.15) is 4.31 Å². The minimum Gasteiger partial charge on any atom is -0.389 e. The van der Waals surface area contributed by atoms with Crippen LogP contribution in [0.15, 0.2) is 0 Å². The Balaban J connectivity index is 2.01. The first kappa shape index (κ1) is 20.7. The van der Waals surface area contributed by atoms with Gasteiger partial charge in [0.25, 0.3) is 0 Å². The molecule has 2 aliphatic carbocycles. The Hall–Kier alpha value is 0.370. The SMILES string of the molecule is C[C@@H]1C2C[C@@]2(OCP(=O)(O)OP(=O)(O)OP(=O)(O)O)[C@@H](C)[C@@]1(C)O. The molecule has 0 saturated heterocycles. The maximum atomic E-state index is 11.9. The maximum absolute atomic E-state index is 11.9. The average Bonchev–Trinajstić information content (AvgIpc) is 3.02. The second-order valence-corrected chi connectivity index (χ2v) is 11.3. The Morgan fingerprint density at radius 1 is 1.08 bits per heavy atom. The van der Waals surface area contributed by atoms with Crippen LogP contribution in [0, 0.1) is 17.8 Å². The van der Waals surface area contributed by atoms with Crippen molar-refractivity contribution in [3.8, 4) is 0 Å². The van der Waals surface area contributed by atoms with Crippen LogP contribution in [0.2, 0.25) is 0 Å². The van der Waals surface area contributed by atoms with Gasteiger partial charge in [0.15, 0.2) is 0 Å². The van der Waals surface area contributed by atoms with E-state index in [0.29, 0.717) is 6.42 Å². The fourth-order valence-electron chi connectivity index (χ4n) is 3.51. The molecule has 0 heterocycles. The van der Waals surface area contributed by atoms with Crippen molar-refractivity contribution >= 4 is 23.2 Å². The molecule has 0 aromatic carbocycles. The number of aliphatic hydroxyl groups is 1. The molecule has 3 unspecified atom stereocenters. The molecule has 24 heavy (non-hydrogen) atoms. The third-order valence-corrected chi connectivity index (χ3v) is 9.06. The van der Waals surface area contributed by atoms with E-state index in [1.165, 1.54) is 0 Å². The lowest BCUT2D eigenvalue weighted by Gasteiger charge is -2.33. The van der Waals surface area contributed by atoms with Crippen molar-refractivity contribution in [3.05, 3.63) is 0 Å². The molecular weight excluding hydrogens is 389 g/mol. The van der Waals surface area contributed by atoms with Crippen LogP contribution in [0.25, 0.3) is 0 Å². The van der Waals surface area contributed by atoms with Gasteiger partial charge in [0.05, 0.1) is 11.2 Å². The Morgan fingerprint density at radius 3 is 2.04 bits per heavy atom. The van der Waals surface area contributed by atoms with E-state index in [1.807, 2.05) is 6.92 Å². The first-order valence-corrected chi connectivity index (χ1v) is 11.8. The predicted molar refractivity (Wildman–Crippen MR) is 79.6 cm³/mol. The summed E-state index contributed by atoms with van der Waals surface area (Å²) in [7, 11) is -15.7. The molecule has 142 valence electrons. The topological polar surface area (TPSA) is 180 Å². The number of phosphoric acid groups is 2. The molecule has 2 fully saturated rings. The van der Waals surface area contributed by atoms with Crippen molar-refractivity contribution in [2.75, 3.05) is 6.35 Å². The number of rotatable bonds is 7. The van der Waals surface area contributed by atoms with Gasteiger partial charge in [0, 0.05) is 5.92 Å². The second-order valence-electron chi connectivity index (χ2n) is 6.54. The Labute approximate surface area is 138 Å². The lowest BCUT2D eigenvalue weighted by molar-refractivity contribution is -0.0696. The van der Waals surface area contributed by atoms with Gasteiger partial charge < -0.3 is 29.4 Å². The highest BCUT2D eigenvalue weighted by Crippen LogP contribution is 2.70. The normalized spacial score (nSPS) is 43.8. The molecule has 0 aliphatic heterocycles. The molecule has 2 aliphatic rings. The molecule has 2 rings (SSSR count). The van der Waals surface area contributed by atoms with Gasteiger partial charge in [0.2, 0.25) is 0 Å². The lowest BCUT2D eigenvalue weighted by Crippen LogP contribution is -2.40. The highest BCUT2D eigenvalue weighted by atomic mass is 31.3. The molecule has 0 spiro atoms. The van der Waals surface area contributed by atoms with Gasteiger partial charge in [-0.05, 0) is 25.2 Å². The van der Waals surface area contributed by atoms with Crippen LogP contribution in [-0.4, -0.2) is 42.2 Å². The summed E-state index contributed by atoms with van der Waals surface area (Å²) >= 11 is 0. The zero-order valence-corrected chi connectivity index (χ0v) is 15.9. The number of ether oxygens (including phenoxy) is 1. The van der Waals surface area contributed by atoms with Crippen molar-refractivity contribution in [2.45, 2.75) is 38.4 Å². The Kier molecular flexibility index (Phi) is 5.12. The number of hydrogen-bond donors (Lipinski definition) is 5. The smallest absolute Gasteiger partial charge is 0.389 e. The summed E-state index contributed by atoms with van der Waals surface area (Å²) < 4.78 is 46.6. The van der Waals surface area contributed by atoms with E-state index in [0.717, 1.165) is 0 Å². The van der Waals surface area contributed by atoms with Gasteiger partial charge in [0.1, 0.15) is 6.35 Å². The summed E-state index contributed by atoms with van der Waals surface area (Å²) in [5, 5.41) is 10.4. The molecule has 7 atom stereocenters. The van der Waals surface area contributed by atoms with E-state index in [4.69, 9.17) is 19.4 Å². The highest BCUT2D eigenvalue weighted by molar-refractivity contribution is 7.68. The fourth-order valence-corrected chi connectivity index (χ4v) is 6.85. The van der Waals surface area contributed by atoms with Crippen LogP contribution in [0.5, 0.6) is 0 Å². The molecule has 0 aromatic heterocycles. The summed E-state index contributed by atoms with van der Waals surface area (Å²) in [5.74, 6) is -0.486. The molecule has 5 N–H and O–H groups in total. The van der Waals surface area contributed by atoms with Gasteiger partial charge in [-0.3, -0.25) is 4.57 Å². The maximum Gasteiger partial charge on any atom is 0.488 e. The van der Waals surface area contributed by atoms with E-state index >= 15 is 0 Å². The number of hydrogen-bond acceptors (Lipinski definition) is 7. The molecule has 2 saturated carbocycles. The van der Waals surface area contributed by atoms with Crippen LogP contribution < -0.4 is 0 Å². The van der Waals surface area contributed by atoms with Crippen molar-refractivity contribution in [2.24, 2.45) is 17.8 Å². The Morgan fingerprint density at radius 2 is 1.62 bits per heavy atom. The third-order valence-electron chi connectivity index (χ3n) is 5.08. The van der Waals surface area contributed by atoms with Crippen LogP contribution in [0.3, 0.4) is 0 Å². The zero-order valence-electron chi connectivity index (χ0n) is 13.2. The monoisotopic (exact) mass is 410 g/mol. The van der Waals surface area contributed by atoms with Crippen LogP contribution in [0.1, 0.15) is 27.2 Å². The van der Waals surface area contributed by atoms with E-state index in [2.05, 4.69) is 8.62 Å². The largest absolute Gasteiger partial charge is 0.488 e. The number of fused-ring (bicyclic) bond motifs is 1. The minimum atomic E-state index is -5.46. The molecule has 14 heteroatoms. The van der Waals surface area contributed by atoms with E-state index in [9.17, 15) is 23.7 Å². The summed E-state index contributed by atoms with van der Waals surface area (Å²) in [6.07, 6.45) is -0.424. The first-order valence-electron chi connectivity index (χ1n) is 7.02. The third kappa shape index (κ3) is 4.03. The van der Waals surface area contributed by atoms with Gasteiger partial charge >= 0.3 is 23.2 Å². The summed E-state index contributed by atoms with van der Waals surface area (Å²) in [6.45, 7) is 5.22. The van der Waals surface area contributed by atoms with E-state index in [-0.39, 0.29) is 17.8 Å². The standard InChI is InChI=1S/C10H21O11P3/c1-6-8-4-10(8,7(2)9(6,3)11)19-5-22(12,13)20-24(17,18)21-23(14,15)16/h6-8,11H,4-5H2,1-3H3,(H,12,13)(H,17,18)(H2,14,15,16)/t6-,7+,8?,9+,10-/m1/s1. The van der Waals surface area contributed by atoms with Crippen LogP contribution in [-0.2, 0) is 27.1 Å². The molecular formula is C10H21O11P3.